The van der Waals surface area contributed by atoms with Crippen LogP contribution in [0.25, 0.3) is 16.3 Å². The zero-order valence-electron chi connectivity index (χ0n) is 12.5. The number of esters is 1. The number of hydrogen-bond acceptors (Lipinski definition) is 7. The number of carbonyl (C=O) groups is 1. The van der Waals surface area contributed by atoms with Crippen molar-refractivity contribution < 1.29 is 19.0 Å². The van der Waals surface area contributed by atoms with Crippen LogP contribution in [0.5, 0.6) is 11.5 Å². The molecule has 0 spiro atoms. The highest BCUT2D eigenvalue weighted by atomic mass is 32.1. The molecule has 0 bridgehead atoms. The summed E-state index contributed by atoms with van der Waals surface area (Å²) >= 11 is 1.27. The van der Waals surface area contributed by atoms with E-state index >= 15 is 0 Å². The molecule has 8 heteroatoms. The summed E-state index contributed by atoms with van der Waals surface area (Å²) in [5, 5.41) is 4.48. The first-order chi connectivity index (χ1) is 11.2. The first-order valence-electron chi connectivity index (χ1n) is 7.10. The summed E-state index contributed by atoms with van der Waals surface area (Å²) in [5.74, 6) is 1.64. The second-order valence-corrected chi connectivity index (χ2v) is 5.91. The largest absolute Gasteiger partial charge is 0.462 e. The van der Waals surface area contributed by atoms with Crippen molar-refractivity contribution in [3.63, 3.8) is 0 Å². The molecule has 0 radical (unpaired) electrons. The van der Waals surface area contributed by atoms with Gasteiger partial charge in [-0.3, -0.25) is 0 Å². The average Bonchev–Trinajstić information content (AvgIpc) is 3.22. The zero-order valence-corrected chi connectivity index (χ0v) is 13.3. The summed E-state index contributed by atoms with van der Waals surface area (Å²) in [6, 6.07) is 5.57. The molecule has 3 aromatic rings. The van der Waals surface area contributed by atoms with Crippen LogP contribution in [0.3, 0.4) is 0 Å². The molecule has 1 aliphatic heterocycles. The predicted octanol–water partition coefficient (Wildman–Crippen LogP) is 2.67. The van der Waals surface area contributed by atoms with E-state index in [1.165, 1.54) is 11.3 Å². The SMILES string of the molecule is CCOC(=O)c1sc2nc(-c3ccc4c(c3)OCO4)nn2c1C. The Balaban J connectivity index is 1.74. The van der Waals surface area contributed by atoms with E-state index in [0.717, 1.165) is 17.0 Å². The van der Waals surface area contributed by atoms with Crippen LogP contribution in [0.2, 0.25) is 0 Å². The molecule has 1 aromatic carbocycles. The highest BCUT2D eigenvalue weighted by Gasteiger charge is 2.21. The maximum absolute atomic E-state index is 11.9. The van der Waals surface area contributed by atoms with E-state index in [0.29, 0.717) is 28.0 Å². The van der Waals surface area contributed by atoms with Gasteiger partial charge in [-0.25, -0.2) is 9.31 Å². The minimum atomic E-state index is -0.341. The second-order valence-electron chi connectivity index (χ2n) is 4.93. The number of ether oxygens (including phenoxy) is 3. The molecule has 23 heavy (non-hydrogen) atoms. The average molecular weight is 331 g/mol. The minimum Gasteiger partial charge on any atom is -0.462 e. The normalized spacial score (nSPS) is 12.8. The molecule has 0 saturated carbocycles. The molecule has 118 valence electrons. The molecule has 2 aromatic heterocycles. The highest BCUT2D eigenvalue weighted by molar-refractivity contribution is 7.19. The molecular weight excluding hydrogens is 318 g/mol. The van der Waals surface area contributed by atoms with Crippen LogP contribution in [0.1, 0.15) is 22.3 Å². The predicted molar refractivity (Wildman–Crippen MR) is 83.1 cm³/mol. The Morgan fingerprint density at radius 2 is 2.22 bits per heavy atom. The fourth-order valence-corrected chi connectivity index (χ4v) is 3.34. The van der Waals surface area contributed by atoms with E-state index in [9.17, 15) is 4.79 Å². The lowest BCUT2D eigenvalue weighted by molar-refractivity contribution is 0.0530. The summed E-state index contributed by atoms with van der Waals surface area (Å²) in [6.45, 7) is 4.18. The molecule has 0 unspecified atom stereocenters. The Kier molecular flexibility index (Phi) is 3.19. The maximum Gasteiger partial charge on any atom is 0.350 e. The third-order valence-corrected chi connectivity index (χ3v) is 4.62. The van der Waals surface area contributed by atoms with Crippen LogP contribution < -0.4 is 9.47 Å². The summed E-state index contributed by atoms with van der Waals surface area (Å²) in [4.78, 5) is 17.6. The van der Waals surface area contributed by atoms with Gasteiger partial charge in [-0.05, 0) is 32.0 Å². The van der Waals surface area contributed by atoms with Crippen LogP contribution in [0.4, 0.5) is 0 Å². The molecule has 0 saturated heterocycles. The van der Waals surface area contributed by atoms with E-state index in [-0.39, 0.29) is 12.8 Å². The lowest BCUT2D eigenvalue weighted by Gasteiger charge is -2.00. The minimum absolute atomic E-state index is 0.229. The van der Waals surface area contributed by atoms with Crippen LogP contribution in [0.15, 0.2) is 18.2 Å². The lowest BCUT2D eigenvalue weighted by Crippen LogP contribution is -2.05. The van der Waals surface area contributed by atoms with Crippen molar-refractivity contribution >= 4 is 22.3 Å². The maximum atomic E-state index is 11.9. The fourth-order valence-electron chi connectivity index (χ4n) is 2.39. The number of nitrogens with zero attached hydrogens (tertiary/aromatic N) is 3. The molecule has 4 rings (SSSR count). The second kappa shape index (κ2) is 5.24. The summed E-state index contributed by atoms with van der Waals surface area (Å²) in [7, 11) is 0. The zero-order chi connectivity index (χ0) is 16.0. The third-order valence-electron chi connectivity index (χ3n) is 3.51. The van der Waals surface area contributed by atoms with Gasteiger partial charge in [-0.1, -0.05) is 11.3 Å². The summed E-state index contributed by atoms with van der Waals surface area (Å²) in [6.07, 6.45) is 0. The number of hydrogen-bond donors (Lipinski definition) is 0. The lowest BCUT2D eigenvalue weighted by atomic mass is 10.2. The third kappa shape index (κ3) is 2.22. The number of thiazole rings is 1. The van der Waals surface area contributed by atoms with E-state index in [1.54, 1.807) is 11.4 Å². The fraction of sp³-hybridized carbons (Fsp3) is 0.267. The Labute approximate surface area is 135 Å². The van der Waals surface area contributed by atoms with Crippen LogP contribution in [0, 0.1) is 6.92 Å². The first-order valence-corrected chi connectivity index (χ1v) is 7.92. The molecular formula is C15H13N3O4S. The van der Waals surface area contributed by atoms with Crippen molar-refractivity contribution in [2.75, 3.05) is 13.4 Å². The van der Waals surface area contributed by atoms with Crippen LogP contribution in [-0.2, 0) is 4.74 Å². The number of carbonyl (C=O) groups excluding carboxylic acids is 1. The van der Waals surface area contributed by atoms with E-state index in [4.69, 9.17) is 14.2 Å². The van der Waals surface area contributed by atoms with E-state index in [1.807, 2.05) is 25.1 Å². The smallest absolute Gasteiger partial charge is 0.350 e. The molecule has 0 atom stereocenters. The standard InChI is InChI=1S/C15H13N3O4S/c1-3-20-14(19)12-8(2)18-15(23-12)16-13(17-18)9-4-5-10-11(6-9)22-7-21-10/h4-6H,3,7H2,1-2H3. The van der Waals surface area contributed by atoms with Crippen molar-refractivity contribution in [3.8, 4) is 22.9 Å². The number of rotatable bonds is 3. The van der Waals surface area contributed by atoms with Crippen molar-refractivity contribution in [1.29, 1.82) is 0 Å². The molecule has 0 fully saturated rings. The van der Waals surface area contributed by atoms with Gasteiger partial charge in [0.15, 0.2) is 17.3 Å². The first kappa shape index (κ1) is 14.0. The number of benzene rings is 1. The Hall–Kier alpha value is -2.61. The molecule has 0 amide bonds. The van der Waals surface area contributed by atoms with Gasteiger partial charge in [0.05, 0.1) is 12.3 Å². The van der Waals surface area contributed by atoms with E-state index in [2.05, 4.69) is 10.1 Å². The summed E-state index contributed by atoms with van der Waals surface area (Å²) < 4.78 is 17.4. The summed E-state index contributed by atoms with van der Waals surface area (Å²) in [5.41, 5.74) is 1.56. The van der Waals surface area contributed by atoms with Gasteiger partial charge >= 0.3 is 5.97 Å². The van der Waals surface area contributed by atoms with Crippen molar-refractivity contribution in [2.24, 2.45) is 0 Å². The number of aryl methyl sites for hydroxylation is 1. The Morgan fingerprint density at radius 3 is 3.00 bits per heavy atom. The molecule has 0 aliphatic carbocycles. The molecule has 3 heterocycles. The quantitative estimate of drug-likeness (QED) is 0.687. The number of fused-ring (bicyclic) bond motifs is 2. The monoisotopic (exact) mass is 331 g/mol. The van der Waals surface area contributed by atoms with Gasteiger partial charge in [0, 0.05) is 5.56 Å². The van der Waals surface area contributed by atoms with Crippen LogP contribution >= 0.6 is 11.3 Å². The van der Waals surface area contributed by atoms with Crippen LogP contribution in [-0.4, -0.2) is 34.0 Å². The number of aromatic nitrogens is 3. The molecule has 0 N–H and O–H groups in total. The highest BCUT2D eigenvalue weighted by Crippen LogP contribution is 2.35. The van der Waals surface area contributed by atoms with Gasteiger partial charge in [0.1, 0.15) is 4.88 Å². The molecule has 7 nitrogen and oxygen atoms in total. The van der Waals surface area contributed by atoms with Gasteiger partial charge in [0.2, 0.25) is 11.8 Å². The Bertz CT molecular complexity index is 915. The Morgan fingerprint density at radius 1 is 1.39 bits per heavy atom. The van der Waals surface area contributed by atoms with E-state index < -0.39 is 0 Å². The van der Waals surface area contributed by atoms with Gasteiger partial charge < -0.3 is 14.2 Å². The van der Waals surface area contributed by atoms with Crippen molar-refractivity contribution in [1.82, 2.24) is 14.6 Å². The van der Waals surface area contributed by atoms with Crippen molar-refractivity contribution in [3.05, 3.63) is 28.8 Å². The topological polar surface area (TPSA) is 75.0 Å². The van der Waals surface area contributed by atoms with Gasteiger partial charge in [-0.15, -0.1) is 5.10 Å². The van der Waals surface area contributed by atoms with Gasteiger partial charge in [-0.2, -0.15) is 4.98 Å². The van der Waals surface area contributed by atoms with Gasteiger partial charge in [0.25, 0.3) is 0 Å². The van der Waals surface area contributed by atoms with Crippen molar-refractivity contribution in [2.45, 2.75) is 13.8 Å². The molecule has 1 aliphatic rings.